The number of hydrogen-bond donors (Lipinski definition) is 1. The first-order chi connectivity index (χ1) is 14.2. The summed E-state index contributed by atoms with van der Waals surface area (Å²) in [4.78, 5) is 27.1. The Morgan fingerprint density at radius 3 is 2.93 bits per heavy atom. The van der Waals surface area contributed by atoms with E-state index in [-0.39, 0.29) is 5.91 Å². The fraction of sp³-hybridized carbons (Fsp3) is 0.636. The number of aryl methyl sites for hydroxylation is 1. The van der Waals surface area contributed by atoms with Crippen LogP contribution >= 0.6 is 0 Å². The Bertz CT molecular complexity index is 907. The maximum absolute atomic E-state index is 13.2. The Balaban J connectivity index is 1.32. The van der Waals surface area contributed by atoms with Crippen LogP contribution in [-0.2, 0) is 25.8 Å². The van der Waals surface area contributed by atoms with Crippen molar-refractivity contribution in [2.24, 2.45) is 0 Å². The predicted octanol–water partition coefficient (Wildman–Crippen LogP) is 2.48. The molecule has 5 rings (SSSR count). The molecule has 1 saturated heterocycles. The highest BCUT2D eigenvalue weighted by molar-refractivity contribution is 5.94. The highest BCUT2D eigenvalue weighted by atomic mass is 16.2. The number of rotatable bonds is 2. The van der Waals surface area contributed by atoms with Crippen molar-refractivity contribution in [1.29, 1.82) is 0 Å². The number of aromatic nitrogens is 4. The van der Waals surface area contributed by atoms with Gasteiger partial charge in [-0.1, -0.05) is 6.42 Å². The SMILES string of the molecule is CN1CCC[C@H](c2ncc3c(n2)CCN(C(=O)c2n[nH]c4c2CCCCC4)C3)C1. The molecule has 1 amide bonds. The molecule has 1 atom stereocenters. The van der Waals surface area contributed by atoms with Gasteiger partial charge in [0.25, 0.3) is 5.91 Å². The highest BCUT2D eigenvalue weighted by Crippen LogP contribution is 2.27. The van der Waals surface area contributed by atoms with E-state index in [1.165, 1.54) is 19.3 Å². The summed E-state index contributed by atoms with van der Waals surface area (Å²) in [6.45, 7) is 3.48. The molecule has 1 aliphatic carbocycles. The molecule has 0 saturated carbocycles. The number of carbonyl (C=O) groups is 1. The van der Waals surface area contributed by atoms with Crippen molar-refractivity contribution in [3.05, 3.63) is 40.2 Å². The van der Waals surface area contributed by atoms with Crippen molar-refractivity contribution >= 4 is 5.91 Å². The van der Waals surface area contributed by atoms with Crippen LogP contribution in [0.15, 0.2) is 6.20 Å². The number of carbonyl (C=O) groups excluding carboxylic acids is 1. The van der Waals surface area contributed by atoms with Crippen LogP contribution in [0.5, 0.6) is 0 Å². The van der Waals surface area contributed by atoms with E-state index in [0.717, 1.165) is 73.5 Å². The molecule has 154 valence electrons. The molecule has 3 aliphatic rings. The molecule has 0 unspecified atom stereocenters. The van der Waals surface area contributed by atoms with E-state index in [2.05, 4.69) is 22.1 Å². The number of H-pyrrole nitrogens is 1. The molecule has 0 spiro atoms. The standard InChI is InChI=1S/C22H30N6O/c1-27-10-5-6-15(13-27)21-23-12-16-14-28(11-9-18(16)24-21)22(29)20-17-7-3-2-4-8-19(17)25-26-20/h12,15H,2-11,13-14H2,1H3,(H,25,26)/t15-/m0/s1. The second-order valence-electron chi connectivity index (χ2n) is 8.87. The van der Waals surface area contributed by atoms with Crippen LogP contribution in [0.25, 0.3) is 0 Å². The maximum Gasteiger partial charge on any atom is 0.274 e. The molecule has 29 heavy (non-hydrogen) atoms. The molecule has 1 fully saturated rings. The molecular formula is C22H30N6O. The normalized spacial score (nSPS) is 22.7. The third kappa shape index (κ3) is 3.68. The van der Waals surface area contributed by atoms with Gasteiger partial charge >= 0.3 is 0 Å². The lowest BCUT2D eigenvalue weighted by molar-refractivity contribution is 0.0726. The molecule has 0 bridgehead atoms. The van der Waals surface area contributed by atoms with E-state index in [1.807, 2.05) is 11.1 Å². The molecule has 0 aromatic carbocycles. The zero-order valence-electron chi connectivity index (χ0n) is 17.3. The van der Waals surface area contributed by atoms with Gasteiger partial charge in [0.2, 0.25) is 0 Å². The molecule has 7 heteroatoms. The number of amides is 1. The van der Waals surface area contributed by atoms with Gasteiger partial charge in [0, 0.05) is 55.0 Å². The van der Waals surface area contributed by atoms with Crippen LogP contribution in [-0.4, -0.2) is 62.6 Å². The van der Waals surface area contributed by atoms with Crippen LogP contribution < -0.4 is 0 Å². The number of likely N-dealkylation sites (tertiary alicyclic amines) is 1. The van der Waals surface area contributed by atoms with Crippen LogP contribution in [0, 0.1) is 0 Å². The van der Waals surface area contributed by atoms with E-state index in [4.69, 9.17) is 9.97 Å². The third-order valence-electron chi connectivity index (χ3n) is 6.74. The van der Waals surface area contributed by atoms with Crippen LogP contribution in [0.2, 0.25) is 0 Å². The van der Waals surface area contributed by atoms with Gasteiger partial charge in [-0.25, -0.2) is 9.97 Å². The monoisotopic (exact) mass is 394 g/mol. The van der Waals surface area contributed by atoms with Gasteiger partial charge < -0.3 is 9.80 Å². The lowest BCUT2D eigenvalue weighted by atomic mass is 9.97. The largest absolute Gasteiger partial charge is 0.332 e. The summed E-state index contributed by atoms with van der Waals surface area (Å²) in [6, 6.07) is 0. The molecular weight excluding hydrogens is 364 g/mol. The smallest absolute Gasteiger partial charge is 0.274 e. The summed E-state index contributed by atoms with van der Waals surface area (Å²) in [5, 5.41) is 7.53. The quantitative estimate of drug-likeness (QED) is 0.792. The van der Waals surface area contributed by atoms with Crippen molar-refractivity contribution in [3.63, 3.8) is 0 Å². The average molecular weight is 395 g/mol. The molecule has 2 aromatic heterocycles. The Hall–Kier alpha value is -2.28. The van der Waals surface area contributed by atoms with E-state index in [9.17, 15) is 4.79 Å². The number of aromatic amines is 1. The maximum atomic E-state index is 13.2. The summed E-state index contributed by atoms with van der Waals surface area (Å²) in [7, 11) is 2.17. The van der Waals surface area contributed by atoms with Crippen molar-refractivity contribution in [2.75, 3.05) is 26.7 Å². The van der Waals surface area contributed by atoms with Gasteiger partial charge in [0.1, 0.15) is 5.82 Å². The highest BCUT2D eigenvalue weighted by Gasteiger charge is 2.29. The molecule has 4 heterocycles. The zero-order chi connectivity index (χ0) is 19.8. The second-order valence-corrected chi connectivity index (χ2v) is 8.87. The Kier molecular flexibility index (Phi) is 5.08. The van der Waals surface area contributed by atoms with Crippen molar-refractivity contribution in [3.8, 4) is 0 Å². The minimum Gasteiger partial charge on any atom is -0.332 e. The fourth-order valence-corrected chi connectivity index (χ4v) is 5.06. The van der Waals surface area contributed by atoms with E-state index >= 15 is 0 Å². The third-order valence-corrected chi connectivity index (χ3v) is 6.74. The zero-order valence-corrected chi connectivity index (χ0v) is 17.3. The Morgan fingerprint density at radius 2 is 2.03 bits per heavy atom. The average Bonchev–Trinajstić information content (AvgIpc) is 3.00. The number of likely N-dealkylation sites (N-methyl/N-ethyl adjacent to an activating group) is 1. The topological polar surface area (TPSA) is 78.0 Å². The number of nitrogens with zero attached hydrogens (tertiary/aromatic N) is 5. The summed E-state index contributed by atoms with van der Waals surface area (Å²) < 4.78 is 0. The van der Waals surface area contributed by atoms with Crippen LogP contribution in [0.3, 0.4) is 0 Å². The second kappa shape index (κ2) is 7.86. The van der Waals surface area contributed by atoms with Gasteiger partial charge in [-0.05, 0) is 52.1 Å². The number of nitrogens with one attached hydrogen (secondary N) is 1. The molecule has 2 aromatic rings. The van der Waals surface area contributed by atoms with Gasteiger partial charge in [-0.2, -0.15) is 5.10 Å². The lowest BCUT2D eigenvalue weighted by Gasteiger charge is -2.31. The Labute approximate surface area is 171 Å². The number of hydrogen-bond acceptors (Lipinski definition) is 5. The molecule has 0 radical (unpaired) electrons. The van der Waals surface area contributed by atoms with Gasteiger partial charge in [-0.3, -0.25) is 9.89 Å². The predicted molar refractivity (Wildman–Crippen MR) is 110 cm³/mol. The number of fused-ring (bicyclic) bond motifs is 2. The fourth-order valence-electron chi connectivity index (χ4n) is 5.06. The van der Waals surface area contributed by atoms with Crippen molar-refractivity contribution in [2.45, 2.75) is 63.8 Å². The van der Waals surface area contributed by atoms with Crippen molar-refractivity contribution < 1.29 is 4.79 Å². The summed E-state index contributed by atoms with van der Waals surface area (Å²) in [5.74, 6) is 1.46. The first kappa shape index (κ1) is 18.7. The molecule has 7 nitrogen and oxygen atoms in total. The van der Waals surface area contributed by atoms with Crippen molar-refractivity contribution in [1.82, 2.24) is 30.0 Å². The molecule has 2 aliphatic heterocycles. The minimum atomic E-state index is 0.0491. The summed E-state index contributed by atoms with van der Waals surface area (Å²) in [5.41, 5.74) is 5.14. The van der Waals surface area contributed by atoms with Crippen LogP contribution in [0.1, 0.15) is 76.8 Å². The lowest BCUT2D eigenvalue weighted by Crippen LogP contribution is -2.37. The van der Waals surface area contributed by atoms with Gasteiger partial charge in [0.05, 0.1) is 5.69 Å². The van der Waals surface area contributed by atoms with Gasteiger partial charge in [0.15, 0.2) is 5.69 Å². The summed E-state index contributed by atoms with van der Waals surface area (Å²) >= 11 is 0. The van der Waals surface area contributed by atoms with E-state index < -0.39 is 0 Å². The first-order valence-corrected chi connectivity index (χ1v) is 11.1. The van der Waals surface area contributed by atoms with Gasteiger partial charge in [-0.15, -0.1) is 0 Å². The van der Waals surface area contributed by atoms with Crippen LogP contribution in [0.4, 0.5) is 0 Å². The van der Waals surface area contributed by atoms with E-state index in [0.29, 0.717) is 24.7 Å². The molecule has 1 N–H and O–H groups in total. The Morgan fingerprint density at radius 1 is 1.14 bits per heavy atom. The first-order valence-electron chi connectivity index (χ1n) is 11.1. The minimum absolute atomic E-state index is 0.0491. The number of piperidine rings is 1. The van der Waals surface area contributed by atoms with E-state index in [1.54, 1.807) is 0 Å². The summed E-state index contributed by atoms with van der Waals surface area (Å²) in [6.07, 6.45) is 10.6.